The second kappa shape index (κ2) is 14.4. The summed E-state index contributed by atoms with van der Waals surface area (Å²) in [4.78, 5) is 30.6. The van der Waals surface area contributed by atoms with Crippen LogP contribution >= 0.6 is 11.3 Å². The highest BCUT2D eigenvalue weighted by atomic mass is 32.1. The lowest BCUT2D eigenvalue weighted by Crippen LogP contribution is -2.44. The van der Waals surface area contributed by atoms with Gasteiger partial charge in [0, 0.05) is 31.7 Å². The van der Waals surface area contributed by atoms with Crippen molar-refractivity contribution in [3.05, 3.63) is 93.9 Å². The maximum atomic E-state index is 13.4. The zero-order chi connectivity index (χ0) is 24.9. The average molecular weight is 499 g/mol. The fourth-order valence-corrected chi connectivity index (χ4v) is 4.23. The van der Waals surface area contributed by atoms with E-state index in [4.69, 9.17) is 9.47 Å². The summed E-state index contributed by atoms with van der Waals surface area (Å²) in [5.41, 5.74) is 1.79. The monoisotopic (exact) mass is 498 g/mol. The number of hydrogen-bond acceptors (Lipinski definition) is 5. The van der Waals surface area contributed by atoms with Crippen molar-refractivity contribution in [1.29, 1.82) is 0 Å². The summed E-state index contributed by atoms with van der Waals surface area (Å²) in [6.45, 7) is 1.75. The summed E-state index contributed by atoms with van der Waals surface area (Å²) in [6, 6.07) is 19.6. The van der Waals surface area contributed by atoms with Gasteiger partial charge in [0.2, 0.25) is 11.8 Å². The fourth-order valence-electron chi connectivity index (χ4n) is 3.51. The van der Waals surface area contributed by atoms with Crippen LogP contribution < -0.4 is 0 Å². The van der Waals surface area contributed by atoms with E-state index in [1.165, 1.54) is 17.0 Å². The first kappa shape index (κ1) is 26.5. The highest BCUT2D eigenvalue weighted by Gasteiger charge is 2.22. The Kier molecular flexibility index (Phi) is 10.9. The van der Waals surface area contributed by atoms with Crippen molar-refractivity contribution in [1.82, 2.24) is 9.80 Å². The molecule has 1 heterocycles. The van der Waals surface area contributed by atoms with Crippen molar-refractivity contribution >= 4 is 23.2 Å². The highest BCUT2D eigenvalue weighted by Crippen LogP contribution is 2.16. The number of methoxy groups -OCH3 is 1. The van der Waals surface area contributed by atoms with Crippen LogP contribution in [0.15, 0.2) is 72.1 Å². The van der Waals surface area contributed by atoms with Gasteiger partial charge in [0.1, 0.15) is 12.4 Å². The van der Waals surface area contributed by atoms with Gasteiger partial charge in [0.25, 0.3) is 0 Å². The quantitative estimate of drug-likeness (QED) is 0.307. The Bertz CT molecular complexity index is 1030. The summed E-state index contributed by atoms with van der Waals surface area (Å²) in [5.74, 6) is -0.755. The summed E-state index contributed by atoms with van der Waals surface area (Å²) >= 11 is 1.56. The van der Waals surface area contributed by atoms with Gasteiger partial charge in [0.15, 0.2) is 0 Å². The third-order valence-electron chi connectivity index (χ3n) is 5.36. The Morgan fingerprint density at radius 1 is 0.886 bits per heavy atom. The van der Waals surface area contributed by atoms with E-state index in [1.54, 1.807) is 35.5 Å². The molecule has 6 nitrogen and oxygen atoms in total. The molecule has 0 spiro atoms. The molecule has 0 saturated carbocycles. The minimum Gasteiger partial charge on any atom is -0.385 e. The number of nitrogens with zero attached hydrogens (tertiary/aromatic N) is 2. The second-order valence-corrected chi connectivity index (χ2v) is 9.13. The summed E-state index contributed by atoms with van der Waals surface area (Å²) in [5, 5.41) is 1.96. The van der Waals surface area contributed by atoms with E-state index in [2.05, 4.69) is 0 Å². The zero-order valence-electron chi connectivity index (χ0n) is 19.9. The molecule has 186 valence electrons. The van der Waals surface area contributed by atoms with Crippen LogP contribution in [0.25, 0.3) is 0 Å². The van der Waals surface area contributed by atoms with Crippen LogP contribution in [0.4, 0.5) is 4.39 Å². The second-order valence-electron chi connectivity index (χ2n) is 8.10. The van der Waals surface area contributed by atoms with Crippen LogP contribution in [-0.4, -0.2) is 55.0 Å². The van der Waals surface area contributed by atoms with Gasteiger partial charge in [0.05, 0.1) is 19.7 Å². The molecule has 35 heavy (non-hydrogen) atoms. The molecule has 0 atom stereocenters. The predicted octanol–water partition coefficient (Wildman–Crippen LogP) is 4.50. The van der Waals surface area contributed by atoms with Crippen molar-refractivity contribution < 1.29 is 23.5 Å². The van der Waals surface area contributed by atoms with Gasteiger partial charge >= 0.3 is 0 Å². The van der Waals surface area contributed by atoms with Crippen LogP contribution in [0.2, 0.25) is 0 Å². The number of amides is 2. The van der Waals surface area contributed by atoms with Crippen LogP contribution in [0.3, 0.4) is 0 Å². The Hall–Kier alpha value is -3.07. The number of rotatable bonds is 14. The van der Waals surface area contributed by atoms with Crippen LogP contribution in [0, 0.1) is 5.82 Å². The van der Waals surface area contributed by atoms with Crippen molar-refractivity contribution in [2.24, 2.45) is 0 Å². The third kappa shape index (κ3) is 9.24. The molecule has 3 rings (SSSR count). The smallest absolute Gasteiger partial charge is 0.249 e. The molecule has 8 heteroatoms. The Balaban J connectivity index is 1.65. The molecule has 0 unspecified atom stereocenters. The number of thiophene rings is 1. The predicted molar refractivity (Wildman–Crippen MR) is 134 cm³/mol. The topological polar surface area (TPSA) is 59.1 Å². The number of ether oxygens (including phenoxy) is 2. The van der Waals surface area contributed by atoms with E-state index >= 15 is 0 Å². The Morgan fingerprint density at radius 3 is 2.34 bits per heavy atom. The minimum absolute atomic E-state index is 0.0657. The van der Waals surface area contributed by atoms with Crippen LogP contribution in [0.5, 0.6) is 0 Å². The molecular weight excluding hydrogens is 467 g/mol. The van der Waals surface area contributed by atoms with E-state index in [-0.39, 0.29) is 30.8 Å². The Labute approximate surface area is 209 Å². The molecule has 0 aliphatic heterocycles. The summed E-state index contributed by atoms with van der Waals surface area (Å²) in [7, 11) is 1.60. The molecular formula is C27H31FN2O4S. The zero-order valence-corrected chi connectivity index (χ0v) is 20.7. The molecule has 0 bridgehead atoms. The number of carbonyl (C=O) groups excluding carboxylic acids is 2. The highest BCUT2D eigenvalue weighted by molar-refractivity contribution is 7.09. The van der Waals surface area contributed by atoms with Gasteiger partial charge < -0.3 is 19.3 Å². The first-order chi connectivity index (χ1) is 17.0. The normalized spacial score (nSPS) is 10.8. The minimum atomic E-state index is -0.324. The van der Waals surface area contributed by atoms with E-state index in [0.717, 1.165) is 16.0 Å². The molecule has 0 saturated heterocycles. The van der Waals surface area contributed by atoms with E-state index in [0.29, 0.717) is 39.3 Å². The van der Waals surface area contributed by atoms with Crippen molar-refractivity contribution in [3.8, 4) is 0 Å². The molecule has 0 radical (unpaired) electrons. The van der Waals surface area contributed by atoms with Gasteiger partial charge in [-0.05, 0) is 41.1 Å². The van der Waals surface area contributed by atoms with Gasteiger partial charge in [-0.2, -0.15) is 0 Å². The lowest BCUT2D eigenvalue weighted by atomic mass is 10.2. The standard InChI is InChI=1S/C27H31FN2O4S/c1-33-15-6-14-29(27(32)21-34-20-23-7-3-2-4-8-23)19-26(31)30(18-25-9-5-16-35-25)17-22-10-12-24(28)13-11-22/h2-5,7-13,16H,6,14-15,17-21H2,1H3. The van der Waals surface area contributed by atoms with E-state index < -0.39 is 0 Å². The lowest BCUT2D eigenvalue weighted by molar-refractivity contribution is -0.144. The lowest BCUT2D eigenvalue weighted by Gasteiger charge is -2.28. The van der Waals surface area contributed by atoms with E-state index in [9.17, 15) is 14.0 Å². The molecule has 0 N–H and O–H groups in total. The first-order valence-electron chi connectivity index (χ1n) is 11.5. The van der Waals surface area contributed by atoms with Crippen LogP contribution in [0.1, 0.15) is 22.4 Å². The van der Waals surface area contributed by atoms with Gasteiger partial charge in [-0.3, -0.25) is 9.59 Å². The molecule has 2 amide bonds. The molecule has 0 aliphatic rings. The molecule has 1 aromatic heterocycles. The largest absolute Gasteiger partial charge is 0.385 e. The molecule has 0 aliphatic carbocycles. The fraction of sp³-hybridized carbons (Fsp3) is 0.333. The number of carbonyl (C=O) groups is 2. The van der Waals surface area contributed by atoms with Crippen LogP contribution in [-0.2, 0) is 38.8 Å². The third-order valence-corrected chi connectivity index (χ3v) is 6.22. The molecule has 0 fully saturated rings. The number of benzene rings is 2. The summed E-state index contributed by atoms with van der Waals surface area (Å²) < 4.78 is 24.1. The average Bonchev–Trinajstić information content (AvgIpc) is 3.38. The van der Waals surface area contributed by atoms with Gasteiger partial charge in [-0.1, -0.05) is 48.5 Å². The SMILES string of the molecule is COCCCN(CC(=O)N(Cc1ccc(F)cc1)Cc1cccs1)C(=O)COCc1ccccc1. The van der Waals surface area contributed by atoms with Gasteiger partial charge in [-0.15, -0.1) is 11.3 Å². The van der Waals surface area contributed by atoms with Crippen molar-refractivity contribution in [2.45, 2.75) is 26.1 Å². The van der Waals surface area contributed by atoms with E-state index in [1.807, 2.05) is 47.8 Å². The molecule has 3 aromatic rings. The summed E-state index contributed by atoms with van der Waals surface area (Å²) in [6.07, 6.45) is 0.608. The maximum absolute atomic E-state index is 13.4. The maximum Gasteiger partial charge on any atom is 0.249 e. The molecule has 2 aromatic carbocycles. The van der Waals surface area contributed by atoms with Gasteiger partial charge in [-0.25, -0.2) is 4.39 Å². The number of hydrogen-bond donors (Lipinski definition) is 0. The Morgan fingerprint density at radius 2 is 1.66 bits per heavy atom. The van der Waals surface area contributed by atoms with Crippen molar-refractivity contribution in [2.75, 3.05) is 33.4 Å². The number of halogens is 1. The van der Waals surface area contributed by atoms with Crippen molar-refractivity contribution in [3.63, 3.8) is 0 Å². The first-order valence-corrected chi connectivity index (χ1v) is 12.4.